The molecule has 1 unspecified atom stereocenters. The van der Waals surface area contributed by atoms with Crippen LogP contribution in [-0.2, 0) is 4.79 Å². The summed E-state index contributed by atoms with van der Waals surface area (Å²) in [6.07, 6.45) is 1.70. The average Bonchev–Trinajstić information content (AvgIpc) is 2.27. The van der Waals surface area contributed by atoms with Crippen molar-refractivity contribution in [1.82, 2.24) is 10.2 Å². The molecule has 1 atom stereocenters. The van der Waals surface area contributed by atoms with Crippen molar-refractivity contribution in [3.8, 4) is 0 Å². The number of likely N-dealkylation sites (tertiary alicyclic amines) is 1. The maximum absolute atomic E-state index is 11.5. The van der Waals surface area contributed by atoms with Crippen molar-refractivity contribution in [2.45, 2.75) is 12.8 Å². The molecule has 1 saturated heterocycles. The van der Waals surface area contributed by atoms with Gasteiger partial charge in [0, 0.05) is 20.1 Å². The fourth-order valence-electron chi connectivity index (χ4n) is 1.78. The standard InChI is InChI=1S/C9H18N6O/c1-13-7(16)6-3-2-4-15(5-6)9(12)14-8(10)11/h6H,2-5H2,1H3,(H,13,16)(H5,10,11,12,14). The molecule has 1 aliphatic rings. The zero-order chi connectivity index (χ0) is 12.1. The smallest absolute Gasteiger partial charge is 0.224 e. The third kappa shape index (κ3) is 3.11. The zero-order valence-electron chi connectivity index (χ0n) is 9.36. The number of nitrogens with two attached hydrogens (primary N) is 2. The molecule has 1 amide bonds. The molecule has 0 radical (unpaired) electrons. The van der Waals surface area contributed by atoms with Gasteiger partial charge in [-0.2, -0.15) is 4.99 Å². The van der Waals surface area contributed by atoms with E-state index in [1.807, 2.05) is 0 Å². The van der Waals surface area contributed by atoms with E-state index in [0.717, 1.165) is 12.8 Å². The predicted molar refractivity (Wildman–Crippen MR) is 61.9 cm³/mol. The maximum Gasteiger partial charge on any atom is 0.224 e. The van der Waals surface area contributed by atoms with Gasteiger partial charge in [-0.25, -0.2) is 0 Å². The van der Waals surface area contributed by atoms with E-state index in [0.29, 0.717) is 13.1 Å². The van der Waals surface area contributed by atoms with Gasteiger partial charge in [0.05, 0.1) is 5.92 Å². The highest BCUT2D eigenvalue weighted by Crippen LogP contribution is 2.16. The monoisotopic (exact) mass is 226 g/mol. The Kier molecular flexibility index (Phi) is 4.10. The average molecular weight is 226 g/mol. The Hall–Kier alpha value is -1.79. The lowest BCUT2D eigenvalue weighted by Gasteiger charge is -2.31. The first-order valence-electron chi connectivity index (χ1n) is 5.19. The van der Waals surface area contributed by atoms with Crippen LogP contribution in [0.4, 0.5) is 0 Å². The molecule has 1 rings (SSSR count). The highest BCUT2D eigenvalue weighted by molar-refractivity contribution is 5.92. The topological polar surface area (TPSA) is 121 Å². The third-order valence-electron chi connectivity index (χ3n) is 2.57. The Morgan fingerprint density at radius 2 is 2.25 bits per heavy atom. The number of nitrogens with one attached hydrogen (secondary N) is 2. The van der Waals surface area contributed by atoms with Gasteiger partial charge >= 0.3 is 0 Å². The number of piperidine rings is 1. The van der Waals surface area contributed by atoms with Crippen LogP contribution < -0.4 is 16.8 Å². The first kappa shape index (κ1) is 12.3. The third-order valence-corrected chi connectivity index (χ3v) is 2.57. The number of hydrogen-bond donors (Lipinski definition) is 4. The number of aliphatic imine (C=N–C) groups is 1. The molecule has 1 heterocycles. The van der Waals surface area contributed by atoms with Gasteiger partial charge in [0.1, 0.15) is 0 Å². The molecule has 6 N–H and O–H groups in total. The summed E-state index contributed by atoms with van der Waals surface area (Å²) in [5.41, 5.74) is 10.4. The first-order valence-corrected chi connectivity index (χ1v) is 5.19. The largest absolute Gasteiger partial charge is 0.370 e. The Bertz CT molecular complexity index is 309. The number of guanidine groups is 2. The molecule has 0 aromatic carbocycles. The van der Waals surface area contributed by atoms with Gasteiger partial charge in [-0.05, 0) is 12.8 Å². The van der Waals surface area contributed by atoms with Gasteiger partial charge in [-0.3, -0.25) is 10.2 Å². The molecule has 16 heavy (non-hydrogen) atoms. The molecule has 7 heteroatoms. The Labute approximate surface area is 94.4 Å². The highest BCUT2D eigenvalue weighted by Gasteiger charge is 2.26. The van der Waals surface area contributed by atoms with Crippen LogP contribution in [0.2, 0.25) is 0 Å². The Morgan fingerprint density at radius 1 is 1.56 bits per heavy atom. The summed E-state index contributed by atoms with van der Waals surface area (Å²) >= 11 is 0. The molecule has 0 spiro atoms. The van der Waals surface area contributed by atoms with E-state index in [-0.39, 0.29) is 23.7 Å². The Morgan fingerprint density at radius 3 is 2.81 bits per heavy atom. The fraction of sp³-hybridized carbons (Fsp3) is 0.667. The zero-order valence-corrected chi connectivity index (χ0v) is 9.36. The minimum absolute atomic E-state index is 0.00204. The maximum atomic E-state index is 11.5. The molecule has 0 bridgehead atoms. The quantitative estimate of drug-likeness (QED) is 0.326. The summed E-state index contributed by atoms with van der Waals surface area (Å²) in [4.78, 5) is 16.8. The first-order chi connectivity index (χ1) is 7.54. The summed E-state index contributed by atoms with van der Waals surface area (Å²) in [5, 5.41) is 10.3. The number of carbonyl (C=O) groups is 1. The molecule has 0 saturated carbocycles. The van der Waals surface area contributed by atoms with Gasteiger partial charge < -0.3 is 21.7 Å². The van der Waals surface area contributed by atoms with E-state index in [9.17, 15) is 4.79 Å². The molecule has 0 aromatic heterocycles. The lowest BCUT2D eigenvalue weighted by atomic mass is 9.97. The van der Waals surface area contributed by atoms with E-state index in [1.54, 1.807) is 11.9 Å². The summed E-state index contributed by atoms with van der Waals surface area (Å²) in [6.45, 7) is 1.21. The number of hydrogen-bond acceptors (Lipinski definition) is 2. The van der Waals surface area contributed by atoms with Crippen LogP contribution in [-0.4, -0.2) is 42.9 Å². The second-order valence-electron chi connectivity index (χ2n) is 3.76. The minimum Gasteiger partial charge on any atom is -0.370 e. The van der Waals surface area contributed by atoms with Crippen LogP contribution in [0, 0.1) is 11.3 Å². The van der Waals surface area contributed by atoms with Crippen molar-refractivity contribution in [3.63, 3.8) is 0 Å². The molecular formula is C9H18N6O. The number of rotatable bonds is 1. The summed E-state index contributed by atoms with van der Waals surface area (Å²) < 4.78 is 0. The summed E-state index contributed by atoms with van der Waals surface area (Å²) in [6, 6.07) is 0. The fourth-order valence-corrected chi connectivity index (χ4v) is 1.78. The van der Waals surface area contributed by atoms with Gasteiger partial charge in [0.2, 0.25) is 11.9 Å². The summed E-state index contributed by atoms with van der Waals surface area (Å²) in [7, 11) is 1.61. The van der Waals surface area contributed by atoms with Gasteiger partial charge in [-0.1, -0.05) is 0 Å². The van der Waals surface area contributed by atoms with Crippen LogP contribution in [0.1, 0.15) is 12.8 Å². The van der Waals surface area contributed by atoms with Crippen molar-refractivity contribution < 1.29 is 4.79 Å². The molecular weight excluding hydrogens is 208 g/mol. The van der Waals surface area contributed by atoms with Gasteiger partial charge in [-0.15, -0.1) is 0 Å². The minimum atomic E-state index is -0.132. The van der Waals surface area contributed by atoms with Gasteiger partial charge in [0.25, 0.3) is 0 Å². The molecule has 1 fully saturated rings. The molecule has 0 aromatic rings. The van der Waals surface area contributed by atoms with E-state index in [1.165, 1.54) is 0 Å². The number of nitrogens with zero attached hydrogens (tertiary/aromatic N) is 2. The van der Waals surface area contributed by atoms with Crippen molar-refractivity contribution in [3.05, 3.63) is 0 Å². The second kappa shape index (κ2) is 5.34. The van der Waals surface area contributed by atoms with Crippen molar-refractivity contribution in [2.24, 2.45) is 22.4 Å². The second-order valence-corrected chi connectivity index (χ2v) is 3.76. The normalized spacial score (nSPS) is 20.1. The van der Waals surface area contributed by atoms with E-state index >= 15 is 0 Å². The number of amides is 1. The van der Waals surface area contributed by atoms with Crippen LogP contribution >= 0.6 is 0 Å². The molecule has 0 aliphatic carbocycles. The van der Waals surface area contributed by atoms with E-state index in [2.05, 4.69) is 10.3 Å². The van der Waals surface area contributed by atoms with Crippen molar-refractivity contribution in [1.29, 1.82) is 5.41 Å². The Balaban J connectivity index is 2.60. The van der Waals surface area contributed by atoms with Crippen LogP contribution in [0.15, 0.2) is 4.99 Å². The SMILES string of the molecule is CNC(=O)C1CCCN(C(=N)N=C(N)N)C1. The highest BCUT2D eigenvalue weighted by atomic mass is 16.1. The van der Waals surface area contributed by atoms with Crippen LogP contribution in [0.5, 0.6) is 0 Å². The van der Waals surface area contributed by atoms with E-state index in [4.69, 9.17) is 16.9 Å². The summed E-state index contributed by atoms with van der Waals surface area (Å²) in [5.74, 6) is -0.198. The molecule has 90 valence electrons. The van der Waals surface area contributed by atoms with Gasteiger partial charge in [0.15, 0.2) is 5.96 Å². The lowest BCUT2D eigenvalue weighted by molar-refractivity contribution is -0.125. The molecule has 1 aliphatic heterocycles. The van der Waals surface area contributed by atoms with Crippen molar-refractivity contribution >= 4 is 17.8 Å². The van der Waals surface area contributed by atoms with Crippen molar-refractivity contribution in [2.75, 3.05) is 20.1 Å². The van der Waals surface area contributed by atoms with Crippen LogP contribution in [0.3, 0.4) is 0 Å². The van der Waals surface area contributed by atoms with Crippen LogP contribution in [0.25, 0.3) is 0 Å². The molecule has 7 nitrogen and oxygen atoms in total. The van der Waals surface area contributed by atoms with E-state index < -0.39 is 0 Å². The predicted octanol–water partition coefficient (Wildman–Crippen LogP) is -1.35. The lowest BCUT2D eigenvalue weighted by Crippen LogP contribution is -2.44. The number of carbonyl (C=O) groups excluding carboxylic acids is 1.